The van der Waals surface area contributed by atoms with Gasteiger partial charge in [-0.05, 0) is 49.9 Å². The maximum Gasteiger partial charge on any atom is 0.123 e. The van der Waals surface area contributed by atoms with E-state index in [0.717, 1.165) is 42.3 Å². The van der Waals surface area contributed by atoms with E-state index in [0.29, 0.717) is 0 Å². The summed E-state index contributed by atoms with van der Waals surface area (Å²) in [5.41, 5.74) is 1.25. The molecule has 3 heteroatoms. The van der Waals surface area contributed by atoms with Gasteiger partial charge < -0.3 is 10.1 Å². The van der Waals surface area contributed by atoms with Crippen molar-refractivity contribution in [3.05, 3.63) is 28.2 Å². The molecule has 18 heavy (non-hydrogen) atoms. The predicted octanol–water partition coefficient (Wildman–Crippen LogP) is 4.13. The highest BCUT2D eigenvalue weighted by molar-refractivity contribution is 9.10. The Morgan fingerprint density at radius 3 is 2.89 bits per heavy atom. The molecule has 1 aliphatic rings. The lowest BCUT2D eigenvalue weighted by Crippen LogP contribution is -2.27. The predicted molar refractivity (Wildman–Crippen MR) is 79.0 cm³/mol. The van der Waals surface area contributed by atoms with E-state index < -0.39 is 0 Å². The number of benzene rings is 1. The Morgan fingerprint density at radius 2 is 2.22 bits per heavy atom. The quantitative estimate of drug-likeness (QED) is 0.817. The van der Waals surface area contributed by atoms with Gasteiger partial charge in [0.2, 0.25) is 0 Å². The fourth-order valence-electron chi connectivity index (χ4n) is 2.15. The summed E-state index contributed by atoms with van der Waals surface area (Å²) in [4.78, 5) is 0. The number of halogens is 1. The summed E-state index contributed by atoms with van der Waals surface area (Å²) >= 11 is 3.53. The van der Waals surface area contributed by atoms with Crippen molar-refractivity contribution in [2.24, 2.45) is 5.92 Å². The lowest BCUT2D eigenvalue weighted by molar-refractivity contribution is 0.296. The highest BCUT2D eigenvalue weighted by Gasteiger charge is 2.16. The van der Waals surface area contributed by atoms with E-state index in [4.69, 9.17) is 4.74 Å². The molecule has 0 saturated heterocycles. The molecule has 0 atom stereocenters. The first-order valence-electron chi connectivity index (χ1n) is 6.91. The third kappa shape index (κ3) is 3.99. The van der Waals surface area contributed by atoms with Gasteiger partial charge in [-0.25, -0.2) is 0 Å². The maximum atomic E-state index is 5.78. The minimum absolute atomic E-state index is 0.789. The van der Waals surface area contributed by atoms with Gasteiger partial charge in [0, 0.05) is 16.6 Å². The van der Waals surface area contributed by atoms with Crippen molar-refractivity contribution >= 4 is 15.9 Å². The first-order chi connectivity index (χ1) is 8.79. The van der Waals surface area contributed by atoms with Crippen LogP contribution in [-0.4, -0.2) is 13.2 Å². The minimum atomic E-state index is 0.789. The number of hydrogen-bond donors (Lipinski definition) is 1. The molecule has 2 nitrogen and oxygen atoms in total. The van der Waals surface area contributed by atoms with E-state index in [9.17, 15) is 0 Å². The Bertz CT molecular complexity index is 377. The van der Waals surface area contributed by atoms with E-state index in [1.54, 1.807) is 0 Å². The van der Waals surface area contributed by atoms with Crippen LogP contribution in [0.2, 0.25) is 0 Å². The highest BCUT2D eigenvalue weighted by atomic mass is 79.9. The molecule has 0 spiro atoms. The van der Waals surface area contributed by atoms with Gasteiger partial charge in [0.05, 0.1) is 6.61 Å². The van der Waals surface area contributed by atoms with Crippen LogP contribution >= 0.6 is 15.9 Å². The first kappa shape index (κ1) is 13.9. The smallest absolute Gasteiger partial charge is 0.123 e. The van der Waals surface area contributed by atoms with Gasteiger partial charge in [-0.1, -0.05) is 29.3 Å². The molecule has 0 heterocycles. The molecule has 1 fully saturated rings. The van der Waals surface area contributed by atoms with Gasteiger partial charge in [-0.15, -0.1) is 0 Å². The van der Waals surface area contributed by atoms with Crippen LogP contribution in [0.3, 0.4) is 0 Å². The zero-order valence-corrected chi connectivity index (χ0v) is 12.6. The van der Waals surface area contributed by atoms with Gasteiger partial charge >= 0.3 is 0 Å². The fourth-order valence-corrected chi connectivity index (χ4v) is 2.56. The molecule has 1 aromatic carbocycles. The van der Waals surface area contributed by atoms with Gasteiger partial charge in [-0.3, -0.25) is 0 Å². The SMILES string of the molecule is CCCOc1ccc(Br)cc1CNCC1CCC1. The highest BCUT2D eigenvalue weighted by Crippen LogP contribution is 2.26. The molecular formula is C15H22BrNO. The molecule has 1 aliphatic carbocycles. The Kier molecular flexibility index (Phi) is 5.51. The van der Waals surface area contributed by atoms with Crippen molar-refractivity contribution in [1.29, 1.82) is 0 Å². The normalized spacial score (nSPS) is 15.4. The zero-order chi connectivity index (χ0) is 12.8. The average Bonchev–Trinajstić information content (AvgIpc) is 2.31. The summed E-state index contributed by atoms with van der Waals surface area (Å²) in [6.45, 7) is 4.96. The van der Waals surface area contributed by atoms with Crippen molar-refractivity contribution < 1.29 is 4.74 Å². The summed E-state index contributed by atoms with van der Waals surface area (Å²) in [7, 11) is 0. The fraction of sp³-hybridized carbons (Fsp3) is 0.600. The summed E-state index contributed by atoms with van der Waals surface area (Å²) in [6, 6.07) is 6.25. The van der Waals surface area contributed by atoms with Crippen molar-refractivity contribution in [3.8, 4) is 5.75 Å². The molecule has 0 radical (unpaired) electrons. The summed E-state index contributed by atoms with van der Waals surface area (Å²) < 4.78 is 6.90. The molecule has 0 aliphatic heterocycles. The van der Waals surface area contributed by atoms with E-state index in [1.165, 1.54) is 24.8 Å². The minimum Gasteiger partial charge on any atom is -0.493 e. The molecule has 0 bridgehead atoms. The second-order valence-corrected chi connectivity index (χ2v) is 5.94. The number of ether oxygens (including phenoxy) is 1. The number of hydrogen-bond acceptors (Lipinski definition) is 2. The van der Waals surface area contributed by atoms with Crippen LogP contribution in [0.25, 0.3) is 0 Å². The standard InChI is InChI=1S/C15H22BrNO/c1-2-8-18-15-7-6-14(16)9-13(15)11-17-10-12-4-3-5-12/h6-7,9,12,17H,2-5,8,10-11H2,1H3. The Morgan fingerprint density at radius 1 is 1.39 bits per heavy atom. The number of nitrogens with one attached hydrogen (secondary N) is 1. The van der Waals surface area contributed by atoms with Crippen molar-refractivity contribution in [1.82, 2.24) is 5.32 Å². The van der Waals surface area contributed by atoms with Crippen LogP contribution in [0.15, 0.2) is 22.7 Å². The third-order valence-electron chi connectivity index (χ3n) is 3.46. The second kappa shape index (κ2) is 7.15. The molecule has 1 aromatic rings. The molecular weight excluding hydrogens is 290 g/mol. The zero-order valence-electron chi connectivity index (χ0n) is 11.0. The van der Waals surface area contributed by atoms with Crippen LogP contribution in [0.1, 0.15) is 38.2 Å². The van der Waals surface area contributed by atoms with Gasteiger partial charge in [-0.2, -0.15) is 0 Å². The molecule has 0 aromatic heterocycles. The number of rotatable bonds is 7. The Balaban J connectivity index is 1.88. The third-order valence-corrected chi connectivity index (χ3v) is 3.95. The molecule has 100 valence electrons. The molecule has 0 amide bonds. The van der Waals surface area contributed by atoms with E-state index >= 15 is 0 Å². The van der Waals surface area contributed by atoms with E-state index in [1.807, 2.05) is 6.07 Å². The Hall–Kier alpha value is -0.540. The topological polar surface area (TPSA) is 21.3 Å². The maximum absolute atomic E-state index is 5.78. The molecule has 0 unspecified atom stereocenters. The van der Waals surface area contributed by atoms with E-state index in [2.05, 4.69) is 40.3 Å². The largest absolute Gasteiger partial charge is 0.493 e. The molecule has 2 rings (SSSR count). The van der Waals surface area contributed by atoms with Crippen molar-refractivity contribution in [2.75, 3.05) is 13.2 Å². The lowest BCUT2D eigenvalue weighted by atomic mass is 9.85. The van der Waals surface area contributed by atoms with Crippen LogP contribution < -0.4 is 10.1 Å². The first-order valence-corrected chi connectivity index (χ1v) is 7.71. The monoisotopic (exact) mass is 311 g/mol. The average molecular weight is 312 g/mol. The van der Waals surface area contributed by atoms with Crippen molar-refractivity contribution in [3.63, 3.8) is 0 Å². The van der Waals surface area contributed by atoms with E-state index in [-0.39, 0.29) is 0 Å². The van der Waals surface area contributed by atoms with Gasteiger partial charge in [0.25, 0.3) is 0 Å². The van der Waals surface area contributed by atoms with Gasteiger partial charge in [0.15, 0.2) is 0 Å². The summed E-state index contributed by atoms with van der Waals surface area (Å²) in [5.74, 6) is 1.92. The summed E-state index contributed by atoms with van der Waals surface area (Å²) in [5, 5.41) is 3.55. The van der Waals surface area contributed by atoms with Crippen LogP contribution in [0.4, 0.5) is 0 Å². The van der Waals surface area contributed by atoms with Crippen molar-refractivity contribution in [2.45, 2.75) is 39.2 Å². The van der Waals surface area contributed by atoms with Crippen LogP contribution in [-0.2, 0) is 6.54 Å². The van der Waals surface area contributed by atoms with Crippen LogP contribution in [0.5, 0.6) is 5.75 Å². The lowest BCUT2D eigenvalue weighted by Gasteiger charge is -2.25. The molecule has 1 saturated carbocycles. The van der Waals surface area contributed by atoms with Crippen LogP contribution in [0, 0.1) is 5.92 Å². The second-order valence-electron chi connectivity index (χ2n) is 5.03. The Labute approximate surface area is 118 Å². The summed E-state index contributed by atoms with van der Waals surface area (Å²) in [6.07, 6.45) is 5.24. The molecule has 1 N–H and O–H groups in total. The van der Waals surface area contributed by atoms with Gasteiger partial charge in [0.1, 0.15) is 5.75 Å².